The van der Waals surface area contributed by atoms with E-state index in [1.165, 1.54) is 17.0 Å². The molecule has 1 unspecified atom stereocenters. The van der Waals surface area contributed by atoms with Gasteiger partial charge in [0.2, 0.25) is 0 Å². The van der Waals surface area contributed by atoms with Gasteiger partial charge in [-0.3, -0.25) is 4.79 Å². The van der Waals surface area contributed by atoms with Crippen LogP contribution in [0.1, 0.15) is 24.5 Å². The number of rotatable bonds is 3. The van der Waals surface area contributed by atoms with Crippen LogP contribution in [0.25, 0.3) is 0 Å². The summed E-state index contributed by atoms with van der Waals surface area (Å²) in [6.07, 6.45) is -0.00816. The fourth-order valence-corrected chi connectivity index (χ4v) is 2.63. The maximum Gasteiger partial charge on any atom is 0.256 e. The number of ether oxygens (including phenoxy) is 1. The zero-order valence-electron chi connectivity index (χ0n) is 11.2. The molecule has 0 aliphatic carbocycles. The zero-order valence-corrected chi connectivity index (χ0v) is 12.8. The topological polar surface area (TPSA) is 49.8 Å². The van der Waals surface area contributed by atoms with Gasteiger partial charge < -0.3 is 14.7 Å². The standard InChI is InChI=1S/C14H17BrFNO3/c1-17(10-4-6-20-7-5-10)14(19)13(18)11-3-2-9(15)8-12(11)16/h2-3,8,10,13,18H,4-7H2,1H3. The summed E-state index contributed by atoms with van der Waals surface area (Å²) in [7, 11) is 1.64. The lowest BCUT2D eigenvalue weighted by molar-refractivity contribution is -0.143. The number of aliphatic hydroxyl groups is 1. The SMILES string of the molecule is CN(C(=O)C(O)c1ccc(Br)cc1F)C1CCOCC1. The summed E-state index contributed by atoms with van der Waals surface area (Å²) in [6.45, 7) is 1.20. The van der Waals surface area contributed by atoms with Crippen LogP contribution in [0.5, 0.6) is 0 Å². The predicted octanol–water partition coefficient (Wildman–Crippen LogP) is 2.26. The normalized spacial score (nSPS) is 17.8. The van der Waals surface area contributed by atoms with Crippen LogP contribution in [0.15, 0.2) is 22.7 Å². The van der Waals surface area contributed by atoms with Crippen LogP contribution in [0, 0.1) is 5.82 Å². The minimum Gasteiger partial charge on any atom is -0.381 e. The number of benzene rings is 1. The van der Waals surface area contributed by atoms with E-state index in [2.05, 4.69) is 15.9 Å². The molecular formula is C14H17BrFNO3. The third kappa shape index (κ3) is 3.37. The molecule has 0 saturated carbocycles. The summed E-state index contributed by atoms with van der Waals surface area (Å²) < 4.78 is 19.6. The lowest BCUT2D eigenvalue weighted by Gasteiger charge is -2.32. The molecule has 4 nitrogen and oxygen atoms in total. The first kappa shape index (κ1) is 15.4. The van der Waals surface area contributed by atoms with E-state index >= 15 is 0 Å². The van der Waals surface area contributed by atoms with E-state index in [0.717, 1.165) is 12.8 Å². The fourth-order valence-electron chi connectivity index (χ4n) is 2.30. The minimum atomic E-state index is -1.48. The van der Waals surface area contributed by atoms with E-state index in [1.54, 1.807) is 13.1 Å². The van der Waals surface area contributed by atoms with E-state index in [-0.39, 0.29) is 11.6 Å². The summed E-state index contributed by atoms with van der Waals surface area (Å²) in [5, 5.41) is 10.1. The number of aliphatic hydroxyl groups excluding tert-OH is 1. The molecule has 0 aromatic heterocycles. The largest absolute Gasteiger partial charge is 0.381 e. The molecule has 1 fully saturated rings. The second kappa shape index (κ2) is 6.65. The Balaban J connectivity index is 2.10. The van der Waals surface area contributed by atoms with E-state index in [0.29, 0.717) is 17.7 Å². The first-order chi connectivity index (χ1) is 9.50. The van der Waals surface area contributed by atoms with Gasteiger partial charge in [-0.1, -0.05) is 22.0 Å². The lowest BCUT2D eigenvalue weighted by Crippen LogP contribution is -2.43. The van der Waals surface area contributed by atoms with Gasteiger partial charge in [-0.05, 0) is 25.0 Å². The number of hydrogen-bond donors (Lipinski definition) is 1. The Bertz CT molecular complexity index is 491. The minimum absolute atomic E-state index is 0.00268. The van der Waals surface area contributed by atoms with Gasteiger partial charge in [0, 0.05) is 36.3 Å². The summed E-state index contributed by atoms with van der Waals surface area (Å²) in [4.78, 5) is 13.7. The second-order valence-electron chi connectivity index (χ2n) is 4.86. The van der Waals surface area contributed by atoms with Crippen molar-refractivity contribution in [2.75, 3.05) is 20.3 Å². The van der Waals surface area contributed by atoms with Crippen LogP contribution in [0.4, 0.5) is 4.39 Å². The van der Waals surface area contributed by atoms with Crippen LogP contribution in [0.3, 0.4) is 0 Å². The number of hydrogen-bond acceptors (Lipinski definition) is 3. The molecule has 1 atom stereocenters. The molecule has 1 heterocycles. The van der Waals surface area contributed by atoms with Crippen molar-refractivity contribution in [2.24, 2.45) is 0 Å². The Morgan fingerprint density at radius 1 is 1.50 bits per heavy atom. The molecule has 1 saturated heterocycles. The molecule has 1 aliphatic rings. The molecule has 1 aliphatic heterocycles. The molecule has 1 N–H and O–H groups in total. The molecule has 110 valence electrons. The van der Waals surface area contributed by atoms with Gasteiger partial charge >= 0.3 is 0 Å². The predicted molar refractivity (Wildman–Crippen MR) is 75.7 cm³/mol. The summed E-state index contributed by atoms with van der Waals surface area (Å²) >= 11 is 3.14. The van der Waals surface area contributed by atoms with E-state index in [1.807, 2.05) is 0 Å². The van der Waals surface area contributed by atoms with Gasteiger partial charge in [-0.25, -0.2) is 4.39 Å². The zero-order chi connectivity index (χ0) is 14.7. The van der Waals surface area contributed by atoms with Gasteiger partial charge in [0.25, 0.3) is 5.91 Å². The molecule has 6 heteroatoms. The Kier molecular flexibility index (Phi) is 5.12. The molecule has 0 bridgehead atoms. The van der Waals surface area contributed by atoms with Gasteiger partial charge in [-0.2, -0.15) is 0 Å². The van der Waals surface area contributed by atoms with Gasteiger partial charge in [0.1, 0.15) is 5.82 Å². The van der Waals surface area contributed by atoms with Crippen molar-refractivity contribution in [1.29, 1.82) is 0 Å². The summed E-state index contributed by atoms with van der Waals surface area (Å²) in [5.41, 5.74) is -0.00268. The van der Waals surface area contributed by atoms with Crippen LogP contribution < -0.4 is 0 Å². The highest BCUT2D eigenvalue weighted by Crippen LogP contribution is 2.24. The monoisotopic (exact) mass is 345 g/mol. The Labute approximate surface area is 125 Å². The van der Waals surface area contributed by atoms with Crippen molar-refractivity contribution in [3.05, 3.63) is 34.1 Å². The third-order valence-electron chi connectivity index (χ3n) is 3.58. The first-order valence-corrected chi connectivity index (χ1v) is 7.27. The number of halogens is 2. The van der Waals surface area contributed by atoms with Crippen molar-refractivity contribution in [3.8, 4) is 0 Å². The van der Waals surface area contributed by atoms with Crippen LogP contribution >= 0.6 is 15.9 Å². The average Bonchev–Trinajstić information content (AvgIpc) is 2.46. The van der Waals surface area contributed by atoms with Crippen LogP contribution in [-0.2, 0) is 9.53 Å². The highest BCUT2D eigenvalue weighted by molar-refractivity contribution is 9.10. The number of amides is 1. The number of carbonyl (C=O) groups excluding carboxylic acids is 1. The highest BCUT2D eigenvalue weighted by atomic mass is 79.9. The number of carbonyl (C=O) groups is 1. The number of likely N-dealkylation sites (N-methyl/N-ethyl adjacent to an activating group) is 1. The van der Waals surface area contributed by atoms with Crippen LogP contribution in [-0.4, -0.2) is 42.2 Å². The second-order valence-corrected chi connectivity index (χ2v) is 5.78. The molecular weight excluding hydrogens is 329 g/mol. The maximum absolute atomic E-state index is 13.8. The quantitative estimate of drug-likeness (QED) is 0.914. The van der Waals surface area contributed by atoms with Crippen molar-refractivity contribution in [3.63, 3.8) is 0 Å². The van der Waals surface area contributed by atoms with Gasteiger partial charge in [0.15, 0.2) is 6.10 Å². The van der Waals surface area contributed by atoms with Crippen molar-refractivity contribution in [1.82, 2.24) is 4.90 Å². The lowest BCUT2D eigenvalue weighted by atomic mass is 10.0. The summed E-state index contributed by atoms with van der Waals surface area (Å²) in [6, 6.07) is 4.29. The van der Waals surface area contributed by atoms with Gasteiger partial charge in [-0.15, -0.1) is 0 Å². The molecule has 0 spiro atoms. The molecule has 1 amide bonds. The molecule has 20 heavy (non-hydrogen) atoms. The summed E-state index contributed by atoms with van der Waals surface area (Å²) in [5.74, 6) is -1.08. The number of nitrogens with zero attached hydrogens (tertiary/aromatic N) is 1. The average molecular weight is 346 g/mol. The third-order valence-corrected chi connectivity index (χ3v) is 4.07. The molecule has 1 aromatic carbocycles. The molecule has 0 radical (unpaired) electrons. The molecule has 1 aromatic rings. The Morgan fingerprint density at radius 3 is 2.75 bits per heavy atom. The maximum atomic E-state index is 13.8. The Hall–Kier alpha value is -0.980. The molecule has 2 rings (SSSR count). The van der Waals surface area contributed by atoms with Crippen molar-refractivity contribution in [2.45, 2.75) is 25.0 Å². The smallest absolute Gasteiger partial charge is 0.256 e. The van der Waals surface area contributed by atoms with E-state index < -0.39 is 17.8 Å². The Morgan fingerprint density at radius 2 is 2.15 bits per heavy atom. The van der Waals surface area contributed by atoms with Gasteiger partial charge in [0.05, 0.1) is 0 Å². The van der Waals surface area contributed by atoms with E-state index in [9.17, 15) is 14.3 Å². The first-order valence-electron chi connectivity index (χ1n) is 6.48. The van der Waals surface area contributed by atoms with E-state index in [4.69, 9.17) is 4.74 Å². The van der Waals surface area contributed by atoms with Crippen LogP contribution in [0.2, 0.25) is 0 Å². The van der Waals surface area contributed by atoms with Crippen molar-refractivity contribution < 1.29 is 19.0 Å². The van der Waals surface area contributed by atoms with Crippen molar-refractivity contribution >= 4 is 21.8 Å². The highest BCUT2D eigenvalue weighted by Gasteiger charge is 2.29. The fraction of sp³-hybridized carbons (Fsp3) is 0.500.